The highest BCUT2D eigenvalue weighted by Crippen LogP contribution is 2.23. The van der Waals surface area contributed by atoms with E-state index < -0.39 is 0 Å². The van der Waals surface area contributed by atoms with Crippen LogP contribution in [0.25, 0.3) is 6.08 Å². The SMILES string of the molecule is CCOC(=O)c1sc(N/N=C/C(C)=C/c2ccccc2)nc1C. The first kappa shape index (κ1) is 16.9. The van der Waals surface area contributed by atoms with Gasteiger partial charge < -0.3 is 4.74 Å². The fourth-order valence-electron chi connectivity index (χ4n) is 1.87. The highest BCUT2D eigenvalue weighted by Gasteiger charge is 2.15. The smallest absolute Gasteiger partial charge is 0.350 e. The van der Waals surface area contributed by atoms with Gasteiger partial charge in [-0.1, -0.05) is 47.7 Å². The van der Waals surface area contributed by atoms with E-state index in [-0.39, 0.29) is 5.97 Å². The monoisotopic (exact) mass is 329 g/mol. The van der Waals surface area contributed by atoms with Crippen molar-refractivity contribution in [2.45, 2.75) is 20.8 Å². The van der Waals surface area contributed by atoms with Gasteiger partial charge in [0.25, 0.3) is 0 Å². The predicted molar refractivity (Wildman–Crippen MR) is 95.0 cm³/mol. The van der Waals surface area contributed by atoms with E-state index in [0.29, 0.717) is 22.3 Å². The lowest BCUT2D eigenvalue weighted by molar-refractivity contribution is 0.0531. The van der Waals surface area contributed by atoms with Crippen LogP contribution in [0.2, 0.25) is 0 Å². The van der Waals surface area contributed by atoms with Crippen LogP contribution in [-0.4, -0.2) is 23.8 Å². The zero-order valence-electron chi connectivity index (χ0n) is 13.4. The maximum Gasteiger partial charge on any atom is 0.350 e. The molecule has 2 rings (SSSR count). The first-order valence-electron chi connectivity index (χ1n) is 7.27. The standard InChI is InChI=1S/C17H19N3O2S/c1-4-22-16(21)15-13(3)19-17(23-15)20-18-11-12(2)10-14-8-6-5-7-9-14/h5-11H,4H2,1-3H3,(H,19,20)/b12-10+,18-11+. The molecule has 0 aliphatic carbocycles. The lowest BCUT2D eigenvalue weighted by Gasteiger charge is -1.97. The van der Waals surface area contributed by atoms with E-state index >= 15 is 0 Å². The average Bonchev–Trinajstić information content (AvgIpc) is 2.89. The number of thiazole rings is 1. The van der Waals surface area contributed by atoms with Crippen LogP contribution in [0.4, 0.5) is 5.13 Å². The molecule has 5 nitrogen and oxygen atoms in total. The summed E-state index contributed by atoms with van der Waals surface area (Å²) in [6, 6.07) is 10.0. The van der Waals surface area contributed by atoms with Crippen LogP contribution < -0.4 is 5.43 Å². The number of hydrogen-bond acceptors (Lipinski definition) is 6. The zero-order valence-corrected chi connectivity index (χ0v) is 14.2. The molecule has 0 spiro atoms. The second kappa shape index (κ2) is 8.24. The summed E-state index contributed by atoms with van der Waals surface area (Å²) in [5, 5.41) is 4.71. The maximum absolute atomic E-state index is 11.7. The molecule has 23 heavy (non-hydrogen) atoms. The molecule has 0 bridgehead atoms. The van der Waals surface area contributed by atoms with E-state index in [1.165, 1.54) is 11.3 Å². The molecule has 0 atom stereocenters. The summed E-state index contributed by atoms with van der Waals surface area (Å²) < 4.78 is 4.99. The highest BCUT2D eigenvalue weighted by atomic mass is 32.1. The number of hydrogen-bond donors (Lipinski definition) is 1. The molecule has 6 heteroatoms. The number of aromatic nitrogens is 1. The third-order valence-corrected chi connectivity index (χ3v) is 3.92. The molecule has 0 aliphatic rings. The molecule has 0 unspecified atom stereocenters. The Balaban J connectivity index is 1.99. The molecular formula is C17H19N3O2S. The Morgan fingerprint density at radius 2 is 2.13 bits per heavy atom. The minimum Gasteiger partial charge on any atom is -0.462 e. The maximum atomic E-state index is 11.7. The van der Waals surface area contributed by atoms with E-state index in [9.17, 15) is 4.79 Å². The number of nitrogens with one attached hydrogen (secondary N) is 1. The Morgan fingerprint density at radius 1 is 1.39 bits per heavy atom. The summed E-state index contributed by atoms with van der Waals surface area (Å²) in [5.41, 5.74) is 5.61. The topological polar surface area (TPSA) is 63.6 Å². The normalized spacial score (nSPS) is 11.7. The summed E-state index contributed by atoms with van der Waals surface area (Å²) in [4.78, 5) is 16.5. The largest absolute Gasteiger partial charge is 0.462 e. The number of carbonyl (C=O) groups excluding carboxylic acids is 1. The summed E-state index contributed by atoms with van der Waals surface area (Å²) in [6.07, 6.45) is 3.75. The average molecular weight is 329 g/mol. The van der Waals surface area contributed by atoms with Gasteiger partial charge in [-0.05, 0) is 31.9 Å². The fourth-order valence-corrected chi connectivity index (χ4v) is 2.68. The van der Waals surface area contributed by atoms with Crippen molar-refractivity contribution in [1.82, 2.24) is 4.98 Å². The van der Waals surface area contributed by atoms with E-state index in [1.54, 1.807) is 20.1 Å². The summed E-state index contributed by atoms with van der Waals surface area (Å²) in [7, 11) is 0. The van der Waals surface area contributed by atoms with E-state index in [4.69, 9.17) is 4.74 Å². The Bertz CT molecular complexity index is 721. The van der Waals surface area contributed by atoms with Gasteiger partial charge in [0.2, 0.25) is 5.13 Å². The Kier molecular flexibility index (Phi) is 6.05. The Morgan fingerprint density at radius 3 is 2.83 bits per heavy atom. The molecule has 1 N–H and O–H groups in total. The van der Waals surface area contributed by atoms with E-state index in [2.05, 4.69) is 15.5 Å². The summed E-state index contributed by atoms with van der Waals surface area (Å²) >= 11 is 1.23. The van der Waals surface area contributed by atoms with Gasteiger partial charge in [-0.2, -0.15) is 5.10 Å². The van der Waals surface area contributed by atoms with Crippen molar-refractivity contribution in [3.05, 3.63) is 52.0 Å². The fraction of sp³-hybridized carbons (Fsp3) is 0.235. The summed E-state index contributed by atoms with van der Waals surface area (Å²) in [6.45, 7) is 5.87. The number of benzene rings is 1. The van der Waals surface area contributed by atoms with Crippen LogP contribution in [0, 0.1) is 6.92 Å². The van der Waals surface area contributed by atoms with E-state index in [0.717, 1.165) is 11.1 Å². The van der Waals surface area contributed by atoms with Crippen molar-refractivity contribution >= 4 is 34.7 Å². The zero-order chi connectivity index (χ0) is 16.7. The number of ether oxygens (including phenoxy) is 1. The van der Waals surface area contributed by atoms with Crippen molar-refractivity contribution in [1.29, 1.82) is 0 Å². The molecule has 0 saturated heterocycles. The van der Waals surface area contributed by atoms with Gasteiger partial charge in [0, 0.05) is 0 Å². The number of carbonyl (C=O) groups is 1. The number of aryl methyl sites for hydroxylation is 1. The van der Waals surface area contributed by atoms with Crippen LogP contribution >= 0.6 is 11.3 Å². The molecule has 0 saturated carbocycles. The van der Waals surface area contributed by atoms with Crippen LogP contribution in [0.3, 0.4) is 0 Å². The highest BCUT2D eigenvalue weighted by molar-refractivity contribution is 7.17. The molecule has 120 valence electrons. The van der Waals surface area contributed by atoms with Gasteiger partial charge in [0.05, 0.1) is 18.5 Å². The summed E-state index contributed by atoms with van der Waals surface area (Å²) in [5.74, 6) is -0.348. The number of rotatable bonds is 6. The van der Waals surface area contributed by atoms with Gasteiger partial charge in [-0.25, -0.2) is 9.78 Å². The molecule has 0 amide bonds. The van der Waals surface area contributed by atoms with E-state index in [1.807, 2.05) is 43.3 Å². The first-order valence-corrected chi connectivity index (χ1v) is 8.08. The molecule has 1 aromatic heterocycles. The van der Waals surface area contributed by atoms with Crippen LogP contribution in [0.5, 0.6) is 0 Å². The van der Waals surface area contributed by atoms with Crippen LogP contribution in [-0.2, 0) is 4.74 Å². The number of hydrazone groups is 1. The predicted octanol–water partition coefficient (Wildman–Crippen LogP) is 4.13. The molecule has 1 heterocycles. The van der Waals surface area contributed by atoms with Crippen molar-refractivity contribution in [2.75, 3.05) is 12.0 Å². The van der Waals surface area contributed by atoms with Crippen molar-refractivity contribution in [3.8, 4) is 0 Å². The third-order valence-electron chi connectivity index (χ3n) is 2.88. The minimum absolute atomic E-state index is 0.348. The molecule has 0 aliphatic heterocycles. The molecular weight excluding hydrogens is 310 g/mol. The Labute approximate surface area is 139 Å². The Hall–Kier alpha value is -2.47. The van der Waals surface area contributed by atoms with Crippen LogP contribution in [0.15, 0.2) is 41.0 Å². The third kappa shape index (κ3) is 5.03. The lowest BCUT2D eigenvalue weighted by Crippen LogP contribution is -2.03. The number of nitrogens with zero attached hydrogens (tertiary/aromatic N) is 2. The van der Waals surface area contributed by atoms with Gasteiger partial charge in [0.1, 0.15) is 4.88 Å². The second-order valence-electron chi connectivity index (χ2n) is 4.82. The quantitative estimate of drug-likeness (QED) is 0.492. The van der Waals surface area contributed by atoms with Crippen molar-refractivity contribution < 1.29 is 9.53 Å². The van der Waals surface area contributed by atoms with Gasteiger partial charge in [0.15, 0.2) is 0 Å². The molecule has 2 aromatic rings. The molecule has 0 fully saturated rings. The van der Waals surface area contributed by atoms with Crippen LogP contribution in [0.1, 0.15) is 34.8 Å². The first-order chi connectivity index (χ1) is 11.1. The minimum atomic E-state index is -0.348. The number of anilines is 1. The number of allylic oxidation sites excluding steroid dienone is 1. The van der Waals surface area contributed by atoms with Gasteiger partial charge >= 0.3 is 5.97 Å². The van der Waals surface area contributed by atoms with Gasteiger partial charge in [-0.15, -0.1) is 0 Å². The number of esters is 1. The molecule has 1 aromatic carbocycles. The van der Waals surface area contributed by atoms with Crippen molar-refractivity contribution in [3.63, 3.8) is 0 Å². The van der Waals surface area contributed by atoms with Crippen molar-refractivity contribution in [2.24, 2.45) is 5.10 Å². The van der Waals surface area contributed by atoms with Gasteiger partial charge in [-0.3, -0.25) is 5.43 Å². The second-order valence-corrected chi connectivity index (χ2v) is 5.82. The molecule has 0 radical (unpaired) electrons. The lowest BCUT2D eigenvalue weighted by atomic mass is 10.1.